The molecule has 3 atom stereocenters. The molecule has 2 aliphatic rings. The fourth-order valence-electron chi connectivity index (χ4n) is 4.19. The molecule has 0 aromatic rings. The quantitative estimate of drug-likeness (QED) is 0.309. The Bertz CT molecular complexity index is 384. The molecule has 0 aliphatic heterocycles. The summed E-state index contributed by atoms with van der Waals surface area (Å²) in [6, 6.07) is 0. The Kier molecular flexibility index (Phi) is 4.49. The summed E-state index contributed by atoms with van der Waals surface area (Å²) in [5, 5.41) is 0. The topological polar surface area (TPSA) is 61.8 Å². The smallest absolute Gasteiger partial charge is 0.320 e. The van der Waals surface area contributed by atoms with Gasteiger partial charge in [0.1, 0.15) is 12.2 Å². The summed E-state index contributed by atoms with van der Waals surface area (Å²) in [5.74, 6) is -0.125. The summed E-state index contributed by atoms with van der Waals surface area (Å²) in [5.41, 5.74) is -1.13. The molecule has 2 rings (SSSR count). The number of esters is 1. The molecule has 2 saturated carbocycles. The maximum atomic E-state index is 12.4. The van der Waals surface area contributed by atoms with Gasteiger partial charge >= 0.3 is 5.97 Å². The third kappa shape index (κ3) is 2.07. The van der Waals surface area contributed by atoms with Gasteiger partial charge in [0, 0.05) is 20.1 Å². The van der Waals surface area contributed by atoms with Crippen LogP contribution >= 0.6 is 0 Å². The fourth-order valence-corrected chi connectivity index (χ4v) is 4.19. The zero-order valence-electron chi connectivity index (χ0n) is 12.6. The molecule has 0 unspecified atom stereocenters. The van der Waals surface area contributed by atoms with Crippen LogP contribution in [0, 0.1) is 16.7 Å². The first-order valence-electron chi connectivity index (χ1n) is 7.24. The van der Waals surface area contributed by atoms with E-state index in [0.717, 1.165) is 25.7 Å². The molecule has 0 aromatic carbocycles. The maximum absolute atomic E-state index is 12.4. The molecule has 0 spiro atoms. The number of hydrogen-bond donors (Lipinski definition) is 0. The first-order chi connectivity index (χ1) is 9.55. The molecule has 0 N–H and O–H groups in total. The van der Waals surface area contributed by atoms with Crippen LogP contribution < -0.4 is 0 Å². The minimum Gasteiger partial charge on any atom is -0.468 e. The monoisotopic (exact) mass is 284 g/mol. The lowest BCUT2D eigenvalue weighted by atomic mass is 9.83. The molecule has 0 amide bonds. The van der Waals surface area contributed by atoms with E-state index < -0.39 is 5.41 Å². The molecule has 5 heteroatoms. The molecule has 0 bridgehead atoms. The van der Waals surface area contributed by atoms with Crippen molar-refractivity contribution >= 4 is 11.8 Å². The Morgan fingerprint density at radius 3 is 2.80 bits per heavy atom. The zero-order chi connectivity index (χ0) is 14.8. The summed E-state index contributed by atoms with van der Waals surface area (Å²) < 4.78 is 15.0. The molecule has 0 aromatic heterocycles. The number of ketones is 1. The van der Waals surface area contributed by atoms with E-state index in [1.807, 2.05) is 6.92 Å². The highest BCUT2D eigenvalue weighted by Crippen LogP contribution is 2.75. The van der Waals surface area contributed by atoms with Crippen LogP contribution in [0.25, 0.3) is 0 Å². The minimum atomic E-state index is -0.874. The number of carbonyl (C=O) groups is 2. The van der Waals surface area contributed by atoms with Crippen LogP contribution in [0.4, 0.5) is 0 Å². The highest BCUT2D eigenvalue weighted by molar-refractivity contribution is 6.09. The van der Waals surface area contributed by atoms with E-state index in [0.29, 0.717) is 13.0 Å². The summed E-state index contributed by atoms with van der Waals surface area (Å²) in [6.45, 7) is 2.91. The third-order valence-corrected chi connectivity index (χ3v) is 5.14. The highest BCUT2D eigenvalue weighted by Gasteiger charge is 2.81. The number of methoxy groups -OCH3 is 2. The van der Waals surface area contributed by atoms with Crippen molar-refractivity contribution in [1.29, 1.82) is 0 Å². The van der Waals surface area contributed by atoms with Gasteiger partial charge in [-0.2, -0.15) is 0 Å². The average molecular weight is 284 g/mol. The first kappa shape index (κ1) is 15.4. The molecule has 0 heterocycles. The van der Waals surface area contributed by atoms with Gasteiger partial charge in [0.25, 0.3) is 0 Å². The lowest BCUT2D eigenvalue weighted by Crippen LogP contribution is -2.34. The van der Waals surface area contributed by atoms with Gasteiger partial charge in [-0.1, -0.05) is 6.92 Å². The standard InChI is InChI=1S/C15H24O5/c1-14(8-5-9-20-10-18-2)11-6-4-7-12(16)15(11,14)13(17)19-3/h11H,4-10H2,1-3H3/t11-,14+,15+/m0/s1. The van der Waals surface area contributed by atoms with E-state index in [9.17, 15) is 9.59 Å². The van der Waals surface area contributed by atoms with Gasteiger partial charge in [0.2, 0.25) is 0 Å². The number of carbonyl (C=O) groups excluding carboxylic acids is 2. The number of fused-ring (bicyclic) bond motifs is 1. The van der Waals surface area contributed by atoms with E-state index in [1.165, 1.54) is 7.11 Å². The van der Waals surface area contributed by atoms with Crippen molar-refractivity contribution in [3.63, 3.8) is 0 Å². The van der Waals surface area contributed by atoms with Crippen molar-refractivity contribution in [2.24, 2.45) is 16.7 Å². The summed E-state index contributed by atoms with van der Waals surface area (Å²) in [7, 11) is 2.96. The van der Waals surface area contributed by atoms with E-state index in [-0.39, 0.29) is 29.9 Å². The molecule has 20 heavy (non-hydrogen) atoms. The number of ether oxygens (including phenoxy) is 3. The molecule has 2 aliphatic carbocycles. The van der Waals surface area contributed by atoms with Crippen LogP contribution in [0.2, 0.25) is 0 Å². The predicted molar refractivity (Wildman–Crippen MR) is 72.0 cm³/mol. The lowest BCUT2D eigenvalue weighted by Gasteiger charge is -2.20. The van der Waals surface area contributed by atoms with E-state index in [4.69, 9.17) is 14.2 Å². The van der Waals surface area contributed by atoms with Crippen molar-refractivity contribution in [2.45, 2.75) is 39.0 Å². The second-order valence-corrected chi connectivity index (χ2v) is 6.00. The van der Waals surface area contributed by atoms with E-state index in [2.05, 4.69) is 0 Å². The van der Waals surface area contributed by atoms with Crippen molar-refractivity contribution < 1.29 is 23.8 Å². The Hall–Kier alpha value is -0.940. The summed E-state index contributed by atoms with van der Waals surface area (Å²) >= 11 is 0. The molecule has 114 valence electrons. The molecule has 5 nitrogen and oxygen atoms in total. The lowest BCUT2D eigenvalue weighted by molar-refractivity contribution is -0.154. The second kappa shape index (κ2) is 5.82. The van der Waals surface area contributed by atoms with Gasteiger partial charge in [-0.15, -0.1) is 0 Å². The molecular weight excluding hydrogens is 260 g/mol. The van der Waals surface area contributed by atoms with Gasteiger partial charge in [0.15, 0.2) is 5.78 Å². The van der Waals surface area contributed by atoms with Gasteiger partial charge in [-0.05, 0) is 37.0 Å². The van der Waals surface area contributed by atoms with Crippen LogP contribution in [0.3, 0.4) is 0 Å². The number of Topliss-reactive ketones (excluding diaryl/α,β-unsaturated/α-hetero) is 1. The SMILES string of the molecule is COCOCCC[C@]1(C)[C@@H]2CCCC(=O)[C@@]21C(=O)OC. The van der Waals surface area contributed by atoms with Crippen LogP contribution in [0.1, 0.15) is 39.0 Å². The molecule has 2 fully saturated rings. The Morgan fingerprint density at radius 2 is 2.15 bits per heavy atom. The largest absolute Gasteiger partial charge is 0.468 e. The van der Waals surface area contributed by atoms with Gasteiger partial charge in [-0.25, -0.2) is 0 Å². The number of rotatable bonds is 7. The van der Waals surface area contributed by atoms with Crippen LogP contribution in [-0.2, 0) is 23.8 Å². The Morgan fingerprint density at radius 1 is 1.40 bits per heavy atom. The first-order valence-corrected chi connectivity index (χ1v) is 7.24. The van der Waals surface area contributed by atoms with Gasteiger partial charge < -0.3 is 14.2 Å². The van der Waals surface area contributed by atoms with Crippen LogP contribution in [0.15, 0.2) is 0 Å². The van der Waals surface area contributed by atoms with Gasteiger partial charge in [-0.3, -0.25) is 9.59 Å². The normalized spacial score (nSPS) is 35.5. The van der Waals surface area contributed by atoms with Crippen molar-refractivity contribution in [3.05, 3.63) is 0 Å². The molecular formula is C15H24O5. The third-order valence-electron chi connectivity index (χ3n) is 5.14. The summed E-state index contributed by atoms with van der Waals surface area (Å²) in [4.78, 5) is 24.6. The molecule has 0 saturated heterocycles. The van der Waals surface area contributed by atoms with Crippen LogP contribution in [-0.4, -0.2) is 39.4 Å². The van der Waals surface area contributed by atoms with E-state index in [1.54, 1.807) is 7.11 Å². The van der Waals surface area contributed by atoms with E-state index >= 15 is 0 Å². The minimum absolute atomic E-state index is 0.0703. The summed E-state index contributed by atoms with van der Waals surface area (Å²) in [6.07, 6.45) is 3.96. The molecule has 0 radical (unpaired) electrons. The van der Waals surface area contributed by atoms with Crippen molar-refractivity contribution in [3.8, 4) is 0 Å². The fraction of sp³-hybridized carbons (Fsp3) is 0.867. The van der Waals surface area contributed by atoms with Crippen molar-refractivity contribution in [1.82, 2.24) is 0 Å². The van der Waals surface area contributed by atoms with Gasteiger partial charge in [0.05, 0.1) is 7.11 Å². The van der Waals surface area contributed by atoms with Crippen LogP contribution in [0.5, 0.6) is 0 Å². The number of hydrogen-bond acceptors (Lipinski definition) is 5. The van der Waals surface area contributed by atoms with Crippen molar-refractivity contribution in [2.75, 3.05) is 27.6 Å². The Balaban J connectivity index is 2.03. The Labute approximate surface area is 120 Å². The maximum Gasteiger partial charge on any atom is 0.320 e. The highest BCUT2D eigenvalue weighted by atomic mass is 16.7. The average Bonchev–Trinajstić information content (AvgIpc) is 3.00. The predicted octanol–water partition coefficient (Wildman–Crippen LogP) is 1.94. The second-order valence-electron chi connectivity index (χ2n) is 6.00. The zero-order valence-corrected chi connectivity index (χ0v) is 12.6.